The fraction of sp³-hybridized carbons (Fsp3) is 0.136. The smallest absolute Gasteiger partial charge is 0.265 e. The standard InChI is InChI=1S/C22H17ClF2N2O5S/c1-11-10-26-22(29)12-6-15(23)21(28)20(7-12)33(30,31)27-18-8-14(16(24)9-17(18)25)13-4-2-3-5-19(13)32-11/h2-9,11,27-28H,10H2,1H3,(H,26,29)/t11-/m0/s1. The molecule has 0 radical (unpaired) electrons. The van der Waals surface area contributed by atoms with Crippen LogP contribution in [-0.2, 0) is 10.0 Å². The van der Waals surface area contributed by atoms with Crippen molar-refractivity contribution >= 4 is 33.2 Å². The molecule has 3 aromatic rings. The molecule has 0 aliphatic carbocycles. The minimum absolute atomic E-state index is 0.0170. The molecule has 7 nitrogen and oxygen atoms in total. The number of sulfonamides is 1. The largest absolute Gasteiger partial charge is 0.505 e. The zero-order valence-electron chi connectivity index (χ0n) is 17.0. The first kappa shape index (κ1) is 22.8. The van der Waals surface area contributed by atoms with Gasteiger partial charge in [-0.05, 0) is 31.2 Å². The number of carbonyl (C=O) groups is 1. The van der Waals surface area contributed by atoms with E-state index in [1.54, 1.807) is 25.1 Å². The van der Waals surface area contributed by atoms with Gasteiger partial charge in [-0.25, -0.2) is 17.2 Å². The van der Waals surface area contributed by atoms with Crippen LogP contribution in [0.2, 0.25) is 5.02 Å². The number of phenols is 1. The number of carbonyl (C=O) groups excluding carboxylic acids is 1. The Morgan fingerprint density at radius 1 is 1.09 bits per heavy atom. The maximum Gasteiger partial charge on any atom is 0.265 e. The molecular weight excluding hydrogens is 478 g/mol. The first-order chi connectivity index (χ1) is 15.6. The van der Waals surface area contributed by atoms with Crippen molar-refractivity contribution in [3.05, 3.63) is 70.8 Å². The number of anilines is 1. The number of para-hydroxylation sites is 1. The summed E-state index contributed by atoms with van der Waals surface area (Å²) in [5, 5.41) is 12.4. The fourth-order valence-corrected chi connectivity index (χ4v) is 4.81. The normalized spacial score (nSPS) is 17.5. The Balaban J connectivity index is 1.96. The van der Waals surface area contributed by atoms with Crippen molar-refractivity contribution in [3.8, 4) is 22.6 Å². The number of halogens is 3. The molecule has 1 heterocycles. The highest BCUT2D eigenvalue weighted by atomic mass is 35.5. The van der Waals surface area contributed by atoms with E-state index in [9.17, 15) is 27.1 Å². The number of fused-ring (bicyclic) bond motifs is 6. The quantitative estimate of drug-likeness (QED) is 0.432. The SMILES string of the molecule is C[C@H]1CNC(=O)c2cc(Cl)c(O)c(c2)S(=O)(=O)Nc2cc(c(F)cc2F)-c2ccccc2O1. The average molecular weight is 495 g/mol. The lowest BCUT2D eigenvalue weighted by atomic mass is 10.0. The molecular formula is C22H17ClF2N2O5S. The number of aromatic hydroxyl groups is 1. The monoisotopic (exact) mass is 494 g/mol. The van der Waals surface area contributed by atoms with Crippen LogP contribution in [0.4, 0.5) is 14.5 Å². The summed E-state index contributed by atoms with van der Waals surface area (Å²) in [5.41, 5.74) is -0.600. The van der Waals surface area contributed by atoms with Crippen molar-refractivity contribution in [2.24, 2.45) is 0 Å². The van der Waals surface area contributed by atoms with Gasteiger partial charge in [0.05, 0.1) is 17.3 Å². The van der Waals surface area contributed by atoms with Crippen LogP contribution in [0, 0.1) is 11.6 Å². The van der Waals surface area contributed by atoms with Crippen LogP contribution in [0.1, 0.15) is 17.3 Å². The molecule has 4 rings (SSSR count). The van der Waals surface area contributed by atoms with E-state index in [4.69, 9.17) is 16.3 Å². The molecule has 3 aromatic carbocycles. The summed E-state index contributed by atoms with van der Waals surface area (Å²) in [6.45, 7) is 1.69. The maximum absolute atomic E-state index is 14.7. The van der Waals surface area contributed by atoms with Gasteiger partial charge in [0.15, 0.2) is 5.75 Å². The molecule has 0 fully saturated rings. The van der Waals surface area contributed by atoms with Gasteiger partial charge in [0.25, 0.3) is 15.9 Å². The van der Waals surface area contributed by atoms with Gasteiger partial charge in [-0.3, -0.25) is 9.52 Å². The van der Waals surface area contributed by atoms with E-state index in [0.29, 0.717) is 6.07 Å². The van der Waals surface area contributed by atoms with E-state index >= 15 is 0 Å². The minimum Gasteiger partial charge on any atom is -0.505 e. The number of phenolic OH excluding ortho intramolecular Hbond substituents is 1. The third-order valence-electron chi connectivity index (χ3n) is 4.94. The molecule has 1 amide bonds. The summed E-state index contributed by atoms with van der Waals surface area (Å²) < 4.78 is 63.1. The summed E-state index contributed by atoms with van der Waals surface area (Å²) in [4.78, 5) is 11.9. The molecule has 0 saturated heterocycles. The second-order valence-corrected chi connectivity index (χ2v) is 9.41. The zero-order chi connectivity index (χ0) is 23.9. The number of hydrogen-bond donors (Lipinski definition) is 3. The van der Waals surface area contributed by atoms with Gasteiger partial charge in [0.2, 0.25) is 0 Å². The van der Waals surface area contributed by atoms with Gasteiger partial charge in [-0.15, -0.1) is 0 Å². The lowest BCUT2D eigenvalue weighted by molar-refractivity contribution is 0.0932. The molecule has 3 N–H and O–H groups in total. The summed E-state index contributed by atoms with van der Waals surface area (Å²) in [6.07, 6.45) is -0.572. The zero-order valence-corrected chi connectivity index (χ0v) is 18.6. The Kier molecular flexibility index (Phi) is 5.89. The van der Waals surface area contributed by atoms with E-state index in [1.165, 1.54) is 6.07 Å². The van der Waals surface area contributed by atoms with E-state index in [0.717, 1.165) is 18.2 Å². The predicted octanol–water partition coefficient (Wildman–Crippen LogP) is 4.30. The highest BCUT2D eigenvalue weighted by Gasteiger charge is 2.26. The maximum atomic E-state index is 14.7. The Morgan fingerprint density at radius 3 is 2.58 bits per heavy atom. The highest BCUT2D eigenvalue weighted by molar-refractivity contribution is 7.92. The predicted molar refractivity (Wildman–Crippen MR) is 118 cm³/mol. The lowest BCUT2D eigenvalue weighted by Gasteiger charge is -2.18. The van der Waals surface area contributed by atoms with Crippen molar-refractivity contribution in [3.63, 3.8) is 0 Å². The van der Waals surface area contributed by atoms with Crippen LogP contribution < -0.4 is 14.8 Å². The molecule has 4 bridgehead atoms. The van der Waals surface area contributed by atoms with Crippen LogP contribution in [0.3, 0.4) is 0 Å². The van der Waals surface area contributed by atoms with Crippen molar-refractivity contribution in [2.75, 3.05) is 11.3 Å². The van der Waals surface area contributed by atoms with E-state index in [-0.39, 0.29) is 29.0 Å². The van der Waals surface area contributed by atoms with Crippen molar-refractivity contribution in [1.82, 2.24) is 5.32 Å². The molecule has 1 atom stereocenters. The van der Waals surface area contributed by atoms with Gasteiger partial charge < -0.3 is 15.2 Å². The van der Waals surface area contributed by atoms with E-state index in [2.05, 4.69) is 5.32 Å². The van der Waals surface area contributed by atoms with Crippen molar-refractivity contribution in [1.29, 1.82) is 0 Å². The topological polar surface area (TPSA) is 105 Å². The molecule has 33 heavy (non-hydrogen) atoms. The highest BCUT2D eigenvalue weighted by Crippen LogP contribution is 2.37. The Morgan fingerprint density at radius 2 is 1.82 bits per heavy atom. The van der Waals surface area contributed by atoms with Gasteiger partial charge in [-0.2, -0.15) is 0 Å². The second-order valence-electron chi connectivity index (χ2n) is 7.36. The lowest BCUT2D eigenvalue weighted by Crippen LogP contribution is -2.33. The third kappa shape index (κ3) is 4.44. The summed E-state index contributed by atoms with van der Waals surface area (Å²) in [5.74, 6) is -3.38. The number of nitrogens with one attached hydrogen (secondary N) is 2. The molecule has 0 unspecified atom stereocenters. The van der Waals surface area contributed by atoms with Crippen LogP contribution in [-0.4, -0.2) is 32.1 Å². The van der Waals surface area contributed by atoms with Crippen LogP contribution in [0.15, 0.2) is 53.4 Å². The first-order valence-electron chi connectivity index (χ1n) is 9.65. The van der Waals surface area contributed by atoms with E-state index in [1.807, 2.05) is 4.72 Å². The van der Waals surface area contributed by atoms with Gasteiger partial charge >= 0.3 is 0 Å². The van der Waals surface area contributed by atoms with E-state index < -0.39 is 55.0 Å². The third-order valence-corrected chi connectivity index (χ3v) is 6.60. The molecule has 1 aliphatic heterocycles. The summed E-state index contributed by atoms with van der Waals surface area (Å²) >= 11 is 5.94. The van der Waals surface area contributed by atoms with Crippen molar-refractivity contribution < 1.29 is 31.8 Å². The number of benzene rings is 3. The Labute approximate surface area is 193 Å². The number of hydrogen-bond acceptors (Lipinski definition) is 5. The fourth-order valence-electron chi connectivity index (χ4n) is 3.33. The molecule has 172 valence electrons. The molecule has 11 heteroatoms. The number of ether oxygens (including phenoxy) is 1. The minimum atomic E-state index is -4.64. The summed E-state index contributed by atoms with van der Waals surface area (Å²) in [7, 11) is -4.64. The van der Waals surface area contributed by atoms with Crippen LogP contribution in [0.25, 0.3) is 11.1 Å². The molecule has 0 aromatic heterocycles. The Bertz CT molecular complexity index is 1380. The Hall–Kier alpha value is -3.37. The molecule has 0 saturated carbocycles. The average Bonchev–Trinajstić information content (AvgIpc) is 2.75. The van der Waals surface area contributed by atoms with Gasteiger partial charge in [0.1, 0.15) is 28.4 Å². The summed E-state index contributed by atoms with van der Waals surface area (Å²) in [6, 6.07) is 9.89. The molecule has 1 aliphatic rings. The van der Waals surface area contributed by atoms with Crippen molar-refractivity contribution in [2.45, 2.75) is 17.9 Å². The van der Waals surface area contributed by atoms with Gasteiger partial charge in [0, 0.05) is 22.8 Å². The molecule has 0 spiro atoms. The number of amides is 1. The van der Waals surface area contributed by atoms with Crippen LogP contribution in [0.5, 0.6) is 11.5 Å². The first-order valence-corrected chi connectivity index (χ1v) is 11.5. The van der Waals surface area contributed by atoms with Crippen LogP contribution >= 0.6 is 11.6 Å². The number of rotatable bonds is 0. The second kappa shape index (κ2) is 8.53. The van der Waals surface area contributed by atoms with Gasteiger partial charge in [-0.1, -0.05) is 29.8 Å².